The van der Waals surface area contributed by atoms with Crippen molar-refractivity contribution in [2.75, 3.05) is 13.2 Å². The zero-order chi connectivity index (χ0) is 18.6. The predicted octanol–water partition coefficient (Wildman–Crippen LogP) is 4.11. The molecular formula is C21H21N3O3. The first-order valence-corrected chi connectivity index (χ1v) is 9.19. The summed E-state index contributed by atoms with van der Waals surface area (Å²) in [4.78, 5) is 19.3. The Hall–Kier alpha value is -3.15. The molecule has 1 aliphatic rings. The van der Waals surface area contributed by atoms with Crippen LogP contribution >= 0.6 is 0 Å². The number of carbonyl (C=O) groups is 1. The third kappa shape index (κ3) is 3.56. The molecule has 1 saturated heterocycles. The highest BCUT2D eigenvalue weighted by Crippen LogP contribution is 2.33. The van der Waals surface area contributed by atoms with E-state index in [1.54, 1.807) is 12.1 Å². The van der Waals surface area contributed by atoms with E-state index in [9.17, 15) is 4.79 Å². The average molecular weight is 363 g/mol. The van der Waals surface area contributed by atoms with Gasteiger partial charge in [-0.1, -0.05) is 35.5 Å². The summed E-state index contributed by atoms with van der Waals surface area (Å²) in [7, 11) is 0. The van der Waals surface area contributed by atoms with Crippen molar-refractivity contribution in [3.8, 4) is 17.1 Å². The van der Waals surface area contributed by atoms with Crippen molar-refractivity contribution in [3.63, 3.8) is 0 Å². The Morgan fingerprint density at radius 1 is 1.19 bits per heavy atom. The van der Waals surface area contributed by atoms with Crippen molar-refractivity contribution in [1.82, 2.24) is 15.0 Å². The fourth-order valence-electron chi connectivity index (χ4n) is 3.37. The highest BCUT2D eigenvalue weighted by atomic mass is 16.5. The monoisotopic (exact) mass is 363 g/mol. The lowest BCUT2D eigenvalue weighted by Gasteiger charge is -2.22. The molecule has 4 rings (SSSR count). The summed E-state index contributed by atoms with van der Waals surface area (Å²) in [6, 6.07) is 16.7. The number of aromatic nitrogens is 2. The maximum absolute atomic E-state index is 13.0. The fraction of sp³-hybridized carbons (Fsp3) is 0.286. The van der Waals surface area contributed by atoms with E-state index in [2.05, 4.69) is 10.1 Å². The van der Waals surface area contributed by atoms with Crippen LogP contribution in [0, 0.1) is 0 Å². The molecule has 1 aliphatic heterocycles. The molecule has 1 fully saturated rings. The molecular weight excluding hydrogens is 342 g/mol. The molecule has 6 nitrogen and oxygen atoms in total. The van der Waals surface area contributed by atoms with Gasteiger partial charge in [-0.05, 0) is 44.0 Å². The van der Waals surface area contributed by atoms with E-state index < -0.39 is 0 Å². The Bertz CT molecular complexity index is 906. The van der Waals surface area contributed by atoms with Crippen molar-refractivity contribution in [2.45, 2.75) is 25.8 Å². The van der Waals surface area contributed by atoms with E-state index in [1.807, 2.05) is 54.3 Å². The highest BCUT2D eigenvalue weighted by Gasteiger charge is 2.34. The van der Waals surface area contributed by atoms with Crippen LogP contribution < -0.4 is 4.74 Å². The second-order valence-corrected chi connectivity index (χ2v) is 6.44. The van der Waals surface area contributed by atoms with Crippen LogP contribution in [0.2, 0.25) is 0 Å². The van der Waals surface area contributed by atoms with Crippen molar-refractivity contribution in [2.24, 2.45) is 0 Å². The van der Waals surface area contributed by atoms with Crippen LogP contribution in [0.1, 0.15) is 42.1 Å². The molecule has 0 aliphatic carbocycles. The Kier molecular flexibility index (Phi) is 4.87. The van der Waals surface area contributed by atoms with Gasteiger partial charge in [0.15, 0.2) is 0 Å². The van der Waals surface area contributed by atoms with Crippen LogP contribution in [-0.2, 0) is 0 Å². The predicted molar refractivity (Wildman–Crippen MR) is 100 cm³/mol. The van der Waals surface area contributed by atoms with Gasteiger partial charge in [-0.2, -0.15) is 4.98 Å². The minimum atomic E-state index is -0.186. The van der Waals surface area contributed by atoms with E-state index in [-0.39, 0.29) is 11.9 Å². The highest BCUT2D eigenvalue weighted by molar-refractivity contribution is 5.94. The van der Waals surface area contributed by atoms with E-state index in [1.165, 1.54) is 0 Å². The van der Waals surface area contributed by atoms with Crippen LogP contribution in [0.5, 0.6) is 5.75 Å². The summed E-state index contributed by atoms with van der Waals surface area (Å²) in [6.07, 6.45) is 1.73. The number of ether oxygens (including phenoxy) is 1. The summed E-state index contributed by atoms with van der Waals surface area (Å²) < 4.78 is 10.9. The molecule has 138 valence electrons. The second-order valence-electron chi connectivity index (χ2n) is 6.44. The van der Waals surface area contributed by atoms with Crippen molar-refractivity contribution in [1.29, 1.82) is 0 Å². The Morgan fingerprint density at radius 3 is 2.70 bits per heavy atom. The van der Waals surface area contributed by atoms with Gasteiger partial charge in [-0.15, -0.1) is 0 Å². The molecule has 0 radical (unpaired) electrons. The molecule has 2 aromatic carbocycles. The summed E-state index contributed by atoms with van der Waals surface area (Å²) in [5.41, 5.74) is 1.53. The molecule has 27 heavy (non-hydrogen) atoms. The number of likely N-dealkylation sites (tertiary alicyclic amines) is 1. The van der Waals surface area contributed by atoms with Gasteiger partial charge in [-0.25, -0.2) is 0 Å². The van der Waals surface area contributed by atoms with Gasteiger partial charge in [0, 0.05) is 17.7 Å². The second kappa shape index (κ2) is 7.61. The summed E-state index contributed by atoms with van der Waals surface area (Å²) in [5, 5.41) is 4.09. The summed E-state index contributed by atoms with van der Waals surface area (Å²) in [6.45, 7) is 3.21. The maximum Gasteiger partial charge on any atom is 0.254 e. The molecule has 0 bridgehead atoms. The molecule has 0 spiro atoms. The average Bonchev–Trinajstić information content (AvgIpc) is 3.38. The van der Waals surface area contributed by atoms with Gasteiger partial charge in [-0.3, -0.25) is 4.79 Å². The quantitative estimate of drug-likeness (QED) is 0.682. The van der Waals surface area contributed by atoms with Gasteiger partial charge in [0.05, 0.1) is 6.61 Å². The van der Waals surface area contributed by atoms with Gasteiger partial charge in [0.25, 0.3) is 5.91 Å². The maximum atomic E-state index is 13.0. The zero-order valence-corrected chi connectivity index (χ0v) is 15.2. The fourth-order valence-corrected chi connectivity index (χ4v) is 3.37. The summed E-state index contributed by atoms with van der Waals surface area (Å²) in [5.74, 6) is 1.77. The zero-order valence-electron chi connectivity index (χ0n) is 15.2. The lowest BCUT2D eigenvalue weighted by atomic mass is 10.1. The first-order chi connectivity index (χ1) is 13.3. The molecule has 2 heterocycles. The Balaban J connectivity index is 1.54. The molecule has 6 heteroatoms. The van der Waals surface area contributed by atoms with E-state index in [4.69, 9.17) is 9.26 Å². The molecule has 1 unspecified atom stereocenters. The smallest absolute Gasteiger partial charge is 0.254 e. The number of hydrogen-bond acceptors (Lipinski definition) is 5. The third-order valence-corrected chi connectivity index (χ3v) is 4.68. The molecule has 1 aromatic heterocycles. The van der Waals surface area contributed by atoms with E-state index in [0.29, 0.717) is 30.4 Å². The van der Waals surface area contributed by atoms with Crippen molar-refractivity contribution < 1.29 is 14.1 Å². The molecule has 0 saturated carbocycles. The van der Waals surface area contributed by atoms with Crippen molar-refractivity contribution >= 4 is 5.91 Å². The molecule has 0 N–H and O–H groups in total. The first-order valence-electron chi connectivity index (χ1n) is 9.19. The number of benzene rings is 2. The Morgan fingerprint density at radius 2 is 1.96 bits per heavy atom. The minimum absolute atomic E-state index is 0.0278. The number of hydrogen-bond donors (Lipinski definition) is 0. The lowest BCUT2D eigenvalue weighted by molar-refractivity contribution is 0.0710. The van der Waals surface area contributed by atoms with Gasteiger partial charge >= 0.3 is 0 Å². The van der Waals surface area contributed by atoms with Crippen LogP contribution in [0.4, 0.5) is 0 Å². The molecule has 1 atom stereocenters. The van der Waals surface area contributed by atoms with Crippen molar-refractivity contribution in [3.05, 3.63) is 66.1 Å². The van der Waals surface area contributed by atoms with Gasteiger partial charge in [0.2, 0.25) is 11.7 Å². The summed E-state index contributed by atoms with van der Waals surface area (Å²) >= 11 is 0. The van der Waals surface area contributed by atoms with E-state index >= 15 is 0 Å². The standard InChI is InChI=1S/C21H21N3O3/c1-2-26-17-12-10-16(11-13-17)21(25)24-14-6-9-18(24)20-22-19(23-27-20)15-7-4-3-5-8-15/h3-5,7-8,10-13,18H,2,6,9,14H2,1H3. The largest absolute Gasteiger partial charge is 0.494 e. The molecule has 3 aromatic rings. The lowest BCUT2D eigenvalue weighted by Crippen LogP contribution is -2.30. The normalized spacial score (nSPS) is 16.5. The number of rotatable bonds is 5. The van der Waals surface area contributed by atoms with Crippen LogP contribution in [0.15, 0.2) is 59.1 Å². The van der Waals surface area contributed by atoms with Crippen LogP contribution in [0.3, 0.4) is 0 Å². The minimum Gasteiger partial charge on any atom is -0.494 e. The number of amides is 1. The Labute approximate surface area is 157 Å². The first kappa shape index (κ1) is 17.3. The van der Waals surface area contributed by atoms with Crippen LogP contribution in [0.25, 0.3) is 11.4 Å². The number of nitrogens with zero attached hydrogens (tertiary/aromatic N) is 3. The third-order valence-electron chi connectivity index (χ3n) is 4.68. The van der Waals surface area contributed by atoms with Crippen LogP contribution in [-0.4, -0.2) is 34.1 Å². The van der Waals surface area contributed by atoms with Gasteiger partial charge < -0.3 is 14.2 Å². The van der Waals surface area contributed by atoms with E-state index in [0.717, 1.165) is 24.2 Å². The SMILES string of the molecule is CCOc1ccc(C(=O)N2CCCC2c2nc(-c3ccccc3)no2)cc1. The topological polar surface area (TPSA) is 68.5 Å². The molecule has 1 amide bonds. The number of carbonyl (C=O) groups excluding carboxylic acids is 1. The van der Waals surface area contributed by atoms with Gasteiger partial charge in [0.1, 0.15) is 11.8 Å².